The summed E-state index contributed by atoms with van der Waals surface area (Å²) in [7, 11) is 0. The third-order valence-corrected chi connectivity index (χ3v) is 5.46. The summed E-state index contributed by atoms with van der Waals surface area (Å²) in [6.45, 7) is 8.26. The highest BCUT2D eigenvalue weighted by Gasteiger charge is 2.30. The van der Waals surface area contributed by atoms with E-state index in [1.165, 1.54) is 16.0 Å². The number of rotatable bonds is 7. The Hall–Kier alpha value is -2.17. The molecule has 2 aromatic carbocycles. The van der Waals surface area contributed by atoms with E-state index in [2.05, 4.69) is 54.7 Å². The largest absolute Gasteiger partial charge is 0.351 e. The van der Waals surface area contributed by atoms with E-state index in [9.17, 15) is 4.79 Å². The van der Waals surface area contributed by atoms with Gasteiger partial charge in [0.05, 0.1) is 0 Å². The Kier molecular flexibility index (Phi) is 6.81. The molecule has 0 bridgehead atoms. The van der Waals surface area contributed by atoms with Crippen LogP contribution in [0.1, 0.15) is 18.1 Å². The lowest BCUT2D eigenvalue weighted by molar-refractivity contribution is -1.02. The number of nitrogens with one attached hydrogen (secondary N) is 3. The second-order valence-electron chi connectivity index (χ2n) is 7.32. The van der Waals surface area contributed by atoms with E-state index in [1.54, 1.807) is 4.90 Å². The van der Waals surface area contributed by atoms with Crippen LogP contribution in [0.2, 0.25) is 0 Å². The molecule has 4 nitrogen and oxygen atoms in total. The molecule has 1 heterocycles. The summed E-state index contributed by atoms with van der Waals surface area (Å²) in [6.07, 6.45) is 0.892. The lowest BCUT2D eigenvalue weighted by Crippen LogP contribution is -3.29. The first kappa shape index (κ1) is 18.6. The summed E-state index contributed by atoms with van der Waals surface area (Å²) in [5.41, 5.74) is 2.67. The van der Waals surface area contributed by atoms with E-state index in [0.29, 0.717) is 6.54 Å². The standard InChI is InChI=1S/C22H29N3O/c1-19(22(26)23-13-12-20-8-4-2-5-9-20)25-16-14-24(15-17-25)18-21-10-6-3-7-11-21/h2-11,19H,12-18H2,1H3,(H,23,26)/p+2/t19-/m1/s1. The van der Waals surface area contributed by atoms with Gasteiger partial charge in [-0.3, -0.25) is 4.79 Å². The van der Waals surface area contributed by atoms with Gasteiger partial charge < -0.3 is 15.1 Å². The maximum atomic E-state index is 12.5. The van der Waals surface area contributed by atoms with Gasteiger partial charge in [0.1, 0.15) is 32.7 Å². The predicted molar refractivity (Wildman–Crippen MR) is 104 cm³/mol. The summed E-state index contributed by atoms with van der Waals surface area (Å²) < 4.78 is 0. The van der Waals surface area contributed by atoms with Crippen molar-refractivity contribution in [2.75, 3.05) is 32.7 Å². The Morgan fingerprint density at radius 2 is 1.50 bits per heavy atom. The Bertz CT molecular complexity index is 666. The molecule has 1 aliphatic heterocycles. The number of carbonyl (C=O) groups excluding carboxylic acids is 1. The average Bonchev–Trinajstić information content (AvgIpc) is 2.69. The van der Waals surface area contributed by atoms with E-state index in [-0.39, 0.29) is 11.9 Å². The van der Waals surface area contributed by atoms with Gasteiger partial charge in [-0.1, -0.05) is 60.7 Å². The van der Waals surface area contributed by atoms with E-state index in [0.717, 1.165) is 39.1 Å². The molecular formula is C22H31N3O+2. The smallest absolute Gasteiger partial charge is 0.278 e. The summed E-state index contributed by atoms with van der Waals surface area (Å²) in [6, 6.07) is 21.0. The number of hydrogen-bond donors (Lipinski definition) is 3. The van der Waals surface area contributed by atoms with Gasteiger partial charge in [-0.25, -0.2) is 0 Å². The molecule has 1 saturated heterocycles. The van der Waals surface area contributed by atoms with Gasteiger partial charge >= 0.3 is 0 Å². The molecule has 4 heteroatoms. The fraction of sp³-hybridized carbons (Fsp3) is 0.409. The molecule has 0 unspecified atom stereocenters. The average molecular weight is 354 g/mol. The predicted octanol–water partition coefficient (Wildman–Crippen LogP) is -0.283. The van der Waals surface area contributed by atoms with Gasteiger partial charge in [-0.15, -0.1) is 0 Å². The third kappa shape index (κ3) is 5.41. The van der Waals surface area contributed by atoms with Crippen LogP contribution in [0.5, 0.6) is 0 Å². The molecule has 1 amide bonds. The molecule has 3 rings (SSSR count). The third-order valence-electron chi connectivity index (χ3n) is 5.46. The number of piperazine rings is 1. The maximum Gasteiger partial charge on any atom is 0.278 e. The lowest BCUT2D eigenvalue weighted by Gasteiger charge is -2.32. The van der Waals surface area contributed by atoms with Crippen molar-refractivity contribution in [2.24, 2.45) is 0 Å². The maximum absolute atomic E-state index is 12.5. The zero-order valence-corrected chi connectivity index (χ0v) is 15.7. The van der Waals surface area contributed by atoms with E-state index >= 15 is 0 Å². The number of benzene rings is 2. The minimum atomic E-state index is 0.0315. The number of carbonyl (C=O) groups is 1. The van der Waals surface area contributed by atoms with Crippen molar-refractivity contribution in [3.8, 4) is 0 Å². The van der Waals surface area contributed by atoms with Gasteiger partial charge in [0.25, 0.3) is 5.91 Å². The molecule has 0 spiro atoms. The molecule has 1 aliphatic rings. The normalized spacial score (nSPS) is 21.1. The first-order valence-corrected chi connectivity index (χ1v) is 9.76. The molecule has 26 heavy (non-hydrogen) atoms. The summed E-state index contributed by atoms with van der Waals surface area (Å²) in [5.74, 6) is 0.183. The summed E-state index contributed by atoms with van der Waals surface area (Å²) in [4.78, 5) is 15.5. The van der Waals surface area contributed by atoms with Crippen LogP contribution >= 0.6 is 0 Å². The van der Waals surface area contributed by atoms with Crippen molar-refractivity contribution in [1.82, 2.24) is 5.32 Å². The van der Waals surface area contributed by atoms with Crippen LogP contribution in [-0.2, 0) is 17.8 Å². The first-order valence-electron chi connectivity index (χ1n) is 9.76. The second kappa shape index (κ2) is 9.51. The molecule has 138 valence electrons. The Labute approximate surface area is 156 Å². The van der Waals surface area contributed by atoms with Gasteiger partial charge in [-0.05, 0) is 18.9 Å². The van der Waals surface area contributed by atoms with Crippen molar-refractivity contribution >= 4 is 5.91 Å². The Morgan fingerprint density at radius 3 is 2.12 bits per heavy atom. The molecule has 1 atom stereocenters. The highest BCUT2D eigenvalue weighted by Crippen LogP contribution is 1.98. The number of amides is 1. The summed E-state index contributed by atoms with van der Waals surface area (Å²) >= 11 is 0. The fourth-order valence-corrected chi connectivity index (χ4v) is 3.73. The van der Waals surface area contributed by atoms with Crippen LogP contribution in [0.25, 0.3) is 0 Å². The molecule has 2 aromatic rings. The Morgan fingerprint density at radius 1 is 0.923 bits per heavy atom. The SMILES string of the molecule is C[C@H](C(=O)NCCc1ccccc1)[NH+]1CC[NH+](Cc2ccccc2)CC1. The molecular weight excluding hydrogens is 322 g/mol. The number of hydrogen-bond acceptors (Lipinski definition) is 1. The quantitative estimate of drug-likeness (QED) is 0.629. The summed E-state index contributed by atoms with van der Waals surface area (Å²) in [5, 5.41) is 3.11. The van der Waals surface area contributed by atoms with Gasteiger partial charge in [-0.2, -0.15) is 0 Å². The molecule has 0 aliphatic carbocycles. The van der Waals surface area contributed by atoms with Crippen LogP contribution in [-0.4, -0.2) is 44.7 Å². The first-order chi connectivity index (χ1) is 12.7. The zero-order valence-electron chi connectivity index (χ0n) is 15.7. The number of quaternary nitrogens is 2. The van der Waals surface area contributed by atoms with Gasteiger partial charge in [0, 0.05) is 12.1 Å². The lowest BCUT2D eigenvalue weighted by atomic mass is 10.1. The highest BCUT2D eigenvalue weighted by atomic mass is 16.2. The minimum Gasteiger partial charge on any atom is -0.351 e. The molecule has 1 fully saturated rings. The molecule has 3 N–H and O–H groups in total. The van der Waals surface area contributed by atoms with Crippen LogP contribution < -0.4 is 15.1 Å². The van der Waals surface area contributed by atoms with E-state index in [1.807, 2.05) is 18.2 Å². The van der Waals surface area contributed by atoms with Crippen molar-refractivity contribution < 1.29 is 14.6 Å². The van der Waals surface area contributed by atoms with Crippen LogP contribution in [0.15, 0.2) is 60.7 Å². The van der Waals surface area contributed by atoms with Gasteiger partial charge in [0.2, 0.25) is 0 Å². The zero-order chi connectivity index (χ0) is 18.2. The van der Waals surface area contributed by atoms with Crippen LogP contribution in [0.4, 0.5) is 0 Å². The molecule has 0 radical (unpaired) electrons. The van der Waals surface area contributed by atoms with Crippen molar-refractivity contribution in [3.63, 3.8) is 0 Å². The monoisotopic (exact) mass is 353 g/mol. The fourth-order valence-electron chi connectivity index (χ4n) is 3.73. The van der Waals surface area contributed by atoms with Crippen LogP contribution in [0, 0.1) is 0 Å². The Balaban J connectivity index is 1.38. The molecule has 0 aromatic heterocycles. The topological polar surface area (TPSA) is 38.0 Å². The van der Waals surface area contributed by atoms with Crippen LogP contribution in [0.3, 0.4) is 0 Å². The molecule has 0 saturated carbocycles. The highest BCUT2D eigenvalue weighted by molar-refractivity contribution is 5.79. The van der Waals surface area contributed by atoms with Crippen molar-refractivity contribution in [2.45, 2.75) is 25.9 Å². The van der Waals surface area contributed by atoms with E-state index < -0.39 is 0 Å². The van der Waals surface area contributed by atoms with Crippen molar-refractivity contribution in [3.05, 3.63) is 71.8 Å². The van der Waals surface area contributed by atoms with Crippen molar-refractivity contribution in [1.29, 1.82) is 0 Å². The second-order valence-corrected chi connectivity index (χ2v) is 7.32. The van der Waals surface area contributed by atoms with E-state index in [4.69, 9.17) is 0 Å². The van der Waals surface area contributed by atoms with Gasteiger partial charge in [0.15, 0.2) is 6.04 Å². The minimum absolute atomic E-state index is 0.0315.